The van der Waals surface area contributed by atoms with Crippen LogP contribution in [-0.2, 0) is 71.4 Å². The van der Waals surface area contributed by atoms with E-state index in [1.165, 1.54) is 0 Å². The van der Waals surface area contributed by atoms with Gasteiger partial charge in [-0.3, -0.25) is 28.8 Å². The van der Waals surface area contributed by atoms with Crippen molar-refractivity contribution >= 4 is 35.8 Å². The molecule has 2 heterocycles. The maximum absolute atomic E-state index is 11.9. The molecular formula is C24H34O17. The van der Waals surface area contributed by atoms with Crippen molar-refractivity contribution in [2.24, 2.45) is 0 Å². The minimum atomic E-state index is -1.88. The minimum absolute atomic E-state index is 0.506. The molecule has 0 aliphatic carbocycles. The van der Waals surface area contributed by atoms with Crippen LogP contribution in [-0.4, -0.2) is 121 Å². The van der Waals surface area contributed by atoms with Gasteiger partial charge in [-0.15, -0.1) is 0 Å². The molecular weight excluding hydrogens is 560 g/mol. The first-order valence-electron chi connectivity index (χ1n) is 12.4. The minimum Gasteiger partial charge on any atom is -0.463 e. The molecule has 0 aromatic rings. The highest BCUT2D eigenvalue weighted by atomic mass is 16.7. The van der Waals surface area contributed by atoms with Crippen LogP contribution in [0.2, 0.25) is 0 Å². The maximum Gasteiger partial charge on any atom is 0.303 e. The molecule has 2 aliphatic heterocycles. The molecule has 17 nitrogen and oxygen atoms in total. The summed E-state index contributed by atoms with van der Waals surface area (Å²) >= 11 is 0. The number of esters is 6. The smallest absolute Gasteiger partial charge is 0.303 e. The summed E-state index contributed by atoms with van der Waals surface area (Å²) in [6, 6.07) is 0. The third kappa shape index (κ3) is 9.89. The van der Waals surface area contributed by atoms with Crippen LogP contribution in [0.5, 0.6) is 0 Å². The number of hydrogen-bond donors (Lipinski definition) is 2. The van der Waals surface area contributed by atoms with Crippen molar-refractivity contribution in [3.8, 4) is 0 Å². The zero-order valence-electron chi connectivity index (χ0n) is 23.2. The van der Waals surface area contributed by atoms with E-state index < -0.39 is 110 Å². The van der Waals surface area contributed by atoms with Gasteiger partial charge in [-0.25, -0.2) is 0 Å². The van der Waals surface area contributed by atoms with Crippen LogP contribution in [0, 0.1) is 0 Å². The number of aliphatic hydroxyl groups excluding tert-OH is 2. The third-order valence-electron chi connectivity index (χ3n) is 5.61. The Morgan fingerprint density at radius 2 is 1.00 bits per heavy atom. The summed E-state index contributed by atoms with van der Waals surface area (Å²) in [7, 11) is 0. The lowest BCUT2D eigenvalue weighted by molar-refractivity contribution is -0.329. The summed E-state index contributed by atoms with van der Waals surface area (Å²) in [4.78, 5) is 70.3. The SMILES string of the molecule is CC(=O)OCC1O[C@H](OCC2OC(O)C(OC(C)=O)C(OC(C)=O)[C@@H]2OC(C)=O)C(OC(C)=O)C(OC(C)=O)[C@H]1O. The van der Waals surface area contributed by atoms with Gasteiger partial charge in [-0.2, -0.15) is 0 Å². The van der Waals surface area contributed by atoms with Crippen molar-refractivity contribution in [2.75, 3.05) is 13.2 Å². The fraction of sp³-hybridized carbons (Fsp3) is 0.750. The summed E-state index contributed by atoms with van der Waals surface area (Å²) in [5, 5.41) is 21.3. The van der Waals surface area contributed by atoms with Gasteiger partial charge < -0.3 is 52.8 Å². The molecule has 0 radical (unpaired) electrons. The van der Waals surface area contributed by atoms with Crippen molar-refractivity contribution in [1.29, 1.82) is 0 Å². The van der Waals surface area contributed by atoms with Crippen molar-refractivity contribution in [3.63, 3.8) is 0 Å². The summed E-state index contributed by atoms with van der Waals surface area (Å²) < 4.78 is 47.7. The van der Waals surface area contributed by atoms with E-state index in [0.29, 0.717) is 0 Å². The van der Waals surface area contributed by atoms with Crippen LogP contribution in [0.3, 0.4) is 0 Å². The average molecular weight is 595 g/mol. The molecule has 0 aromatic heterocycles. The van der Waals surface area contributed by atoms with Crippen LogP contribution in [0.15, 0.2) is 0 Å². The topological polar surface area (TPSA) is 226 Å². The van der Waals surface area contributed by atoms with Gasteiger partial charge in [0.15, 0.2) is 43.1 Å². The van der Waals surface area contributed by atoms with Gasteiger partial charge in [0.2, 0.25) is 0 Å². The number of aliphatic hydroxyl groups is 2. The molecule has 0 bridgehead atoms. The third-order valence-corrected chi connectivity index (χ3v) is 5.61. The second kappa shape index (κ2) is 15.0. The molecule has 17 heteroatoms. The normalized spacial score (nSPS) is 33.1. The molecule has 0 aromatic carbocycles. The molecule has 2 aliphatic rings. The summed E-state index contributed by atoms with van der Waals surface area (Å²) in [5.41, 5.74) is 0. The quantitative estimate of drug-likeness (QED) is 0.206. The van der Waals surface area contributed by atoms with E-state index >= 15 is 0 Å². The predicted molar refractivity (Wildman–Crippen MR) is 126 cm³/mol. The van der Waals surface area contributed by atoms with Gasteiger partial charge >= 0.3 is 35.8 Å². The number of hydrogen-bond acceptors (Lipinski definition) is 17. The number of rotatable bonds is 10. The molecule has 2 saturated heterocycles. The number of carbonyl (C=O) groups is 6. The summed E-state index contributed by atoms with van der Waals surface area (Å²) in [6.45, 7) is 5.17. The standard InChI is InChI=1S/C24H34O17/c1-9(25)33-7-15-17(31)19(36-11(3)27)22(39-14(6)30)24(41-15)34-8-16-18(35-10(2)26)20(37-12(4)28)21(23(32)40-16)38-13(5)29/h15-24,31-32H,7-8H2,1-6H3/t15?,16?,17-,18+,19?,20?,21?,22?,23?,24-/m0/s1. The van der Waals surface area contributed by atoms with Crippen molar-refractivity contribution in [3.05, 3.63) is 0 Å². The Labute approximate surface area is 234 Å². The summed E-state index contributed by atoms with van der Waals surface area (Å²) in [6.07, 6.45) is -15.6. The van der Waals surface area contributed by atoms with Crippen LogP contribution in [0.25, 0.3) is 0 Å². The van der Waals surface area contributed by atoms with Gasteiger partial charge in [0.1, 0.15) is 24.9 Å². The Bertz CT molecular complexity index is 981. The lowest BCUT2D eigenvalue weighted by atomic mass is 9.97. The Morgan fingerprint density at radius 3 is 1.51 bits per heavy atom. The van der Waals surface area contributed by atoms with Crippen molar-refractivity contribution in [1.82, 2.24) is 0 Å². The van der Waals surface area contributed by atoms with E-state index in [9.17, 15) is 39.0 Å². The highest BCUT2D eigenvalue weighted by molar-refractivity contribution is 5.69. The van der Waals surface area contributed by atoms with E-state index in [2.05, 4.69) is 0 Å². The molecule has 232 valence electrons. The number of ether oxygens (including phenoxy) is 9. The van der Waals surface area contributed by atoms with E-state index in [0.717, 1.165) is 41.5 Å². The molecule has 10 atom stereocenters. The molecule has 41 heavy (non-hydrogen) atoms. The van der Waals surface area contributed by atoms with E-state index in [-0.39, 0.29) is 0 Å². The first kappa shape index (κ1) is 33.8. The van der Waals surface area contributed by atoms with E-state index in [4.69, 9.17) is 42.6 Å². The van der Waals surface area contributed by atoms with Gasteiger partial charge in [0.25, 0.3) is 0 Å². The Kier molecular flexibility index (Phi) is 12.4. The Morgan fingerprint density at radius 1 is 0.537 bits per heavy atom. The average Bonchev–Trinajstić information content (AvgIpc) is 2.83. The highest BCUT2D eigenvalue weighted by Crippen LogP contribution is 2.31. The maximum atomic E-state index is 11.9. The zero-order chi connectivity index (χ0) is 31.0. The second-order valence-electron chi connectivity index (χ2n) is 9.10. The highest BCUT2D eigenvalue weighted by Gasteiger charge is 2.54. The van der Waals surface area contributed by atoms with Gasteiger partial charge in [0, 0.05) is 41.5 Å². The predicted octanol–water partition coefficient (Wildman–Crippen LogP) is -1.97. The largest absolute Gasteiger partial charge is 0.463 e. The number of carbonyl (C=O) groups excluding carboxylic acids is 6. The van der Waals surface area contributed by atoms with Gasteiger partial charge in [-0.1, -0.05) is 0 Å². The van der Waals surface area contributed by atoms with Crippen LogP contribution in [0.4, 0.5) is 0 Å². The first-order valence-corrected chi connectivity index (χ1v) is 12.4. The Balaban J connectivity index is 2.39. The fourth-order valence-corrected chi connectivity index (χ4v) is 4.20. The molecule has 2 fully saturated rings. The van der Waals surface area contributed by atoms with Crippen molar-refractivity contribution in [2.45, 2.75) is 103 Å². The molecule has 2 rings (SSSR count). The lowest BCUT2D eigenvalue weighted by Gasteiger charge is -2.45. The van der Waals surface area contributed by atoms with Crippen LogP contribution >= 0.6 is 0 Å². The van der Waals surface area contributed by atoms with Gasteiger partial charge in [-0.05, 0) is 0 Å². The monoisotopic (exact) mass is 594 g/mol. The molecule has 0 spiro atoms. The van der Waals surface area contributed by atoms with E-state index in [1.54, 1.807) is 0 Å². The molecule has 0 amide bonds. The Hall–Kier alpha value is -3.38. The zero-order valence-corrected chi connectivity index (χ0v) is 23.2. The molecule has 7 unspecified atom stereocenters. The van der Waals surface area contributed by atoms with Crippen LogP contribution < -0.4 is 0 Å². The van der Waals surface area contributed by atoms with Gasteiger partial charge in [0.05, 0.1) is 6.61 Å². The second-order valence-corrected chi connectivity index (χ2v) is 9.10. The summed E-state index contributed by atoms with van der Waals surface area (Å²) in [5.74, 6) is -5.01. The fourth-order valence-electron chi connectivity index (χ4n) is 4.20. The van der Waals surface area contributed by atoms with E-state index in [1.807, 2.05) is 0 Å². The molecule has 2 N–H and O–H groups in total. The first-order chi connectivity index (χ1) is 19.1. The van der Waals surface area contributed by atoms with Crippen LogP contribution in [0.1, 0.15) is 41.5 Å². The molecule has 0 saturated carbocycles. The van der Waals surface area contributed by atoms with Crippen molar-refractivity contribution < 1.29 is 81.6 Å². The lowest BCUT2D eigenvalue weighted by Crippen LogP contribution is -2.64.